The number of nitrogens with zero attached hydrogens (tertiary/aromatic N) is 1. The highest BCUT2D eigenvalue weighted by Gasteiger charge is 2.04. The topological polar surface area (TPSA) is 65.5 Å². The van der Waals surface area contributed by atoms with Gasteiger partial charge in [-0.25, -0.2) is 0 Å². The van der Waals surface area contributed by atoms with Gasteiger partial charge in [-0.05, 0) is 30.0 Å². The van der Waals surface area contributed by atoms with Gasteiger partial charge in [0.2, 0.25) is 0 Å². The van der Waals surface area contributed by atoms with Crippen LogP contribution in [0.1, 0.15) is 29.8 Å². The number of amides is 1. The zero-order valence-electron chi connectivity index (χ0n) is 13.8. The highest BCUT2D eigenvalue weighted by atomic mass is 127. The van der Waals surface area contributed by atoms with Crippen LogP contribution in [0.3, 0.4) is 0 Å². The van der Waals surface area contributed by atoms with Gasteiger partial charge in [-0.15, -0.1) is 24.0 Å². The SMILES string of the molecule is CN=C(NCCc1cccc(C(=O)NC)c1)NCC(C)C.I. The predicted octanol–water partition coefficient (Wildman–Crippen LogP) is 2.03. The number of carbonyl (C=O) groups is 1. The average Bonchev–Trinajstić information content (AvgIpc) is 2.49. The van der Waals surface area contributed by atoms with Crippen LogP contribution in [0.2, 0.25) is 0 Å². The van der Waals surface area contributed by atoms with Gasteiger partial charge in [0, 0.05) is 32.7 Å². The molecule has 0 radical (unpaired) electrons. The van der Waals surface area contributed by atoms with Gasteiger partial charge in [0.05, 0.1) is 0 Å². The van der Waals surface area contributed by atoms with Crippen LogP contribution in [0.4, 0.5) is 0 Å². The Hall–Kier alpha value is -1.31. The molecule has 0 unspecified atom stereocenters. The smallest absolute Gasteiger partial charge is 0.251 e. The van der Waals surface area contributed by atoms with Gasteiger partial charge >= 0.3 is 0 Å². The summed E-state index contributed by atoms with van der Waals surface area (Å²) in [6.07, 6.45) is 0.840. The summed E-state index contributed by atoms with van der Waals surface area (Å²) in [6, 6.07) is 7.67. The van der Waals surface area contributed by atoms with Crippen LogP contribution in [0, 0.1) is 5.92 Å². The van der Waals surface area contributed by atoms with Crippen molar-refractivity contribution in [3.63, 3.8) is 0 Å². The van der Waals surface area contributed by atoms with Gasteiger partial charge in [-0.1, -0.05) is 26.0 Å². The second-order valence-electron chi connectivity index (χ2n) is 5.30. The quantitative estimate of drug-likeness (QED) is 0.376. The number of aliphatic imine (C=N–C) groups is 1. The molecule has 1 aromatic carbocycles. The van der Waals surface area contributed by atoms with Gasteiger partial charge in [0.25, 0.3) is 5.91 Å². The molecule has 5 nitrogen and oxygen atoms in total. The molecule has 0 heterocycles. The largest absolute Gasteiger partial charge is 0.356 e. The van der Waals surface area contributed by atoms with E-state index < -0.39 is 0 Å². The minimum absolute atomic E-state index is 0. The average molecular weight is 418 g/mol. The molecule has 3 N–H and O–H groups in total. The van der Waals surface area contributed by atoms with Crippen LogP contribution in [-0.4, -0.2) is 39.1 Å². The summed E-state index contributed by atoms with van der Waals surface area (Å²) in [4.78, 5) is 15.8. The molecule has 0 aliphatic heterocycles. The van der Waals surface area contributed by atoms with E-state index in [4.69, 9.17) is 0 Å². The second kappa shape index (κ2) is 11.3. The molecule has 1 amide bonds. The van der Waals surface area contributed by atoms with E-state index in [0.717, 1.165) is 31.0 Å². The third-order valence-electron chi connectivity index (χ3n) is 3.02. The fraction of sp³-hybridized carbons (Fsp3) is 0.500. The molecule has 0 spiro atoms. The summed E-state index contributed by atoms with van der Waals surface area (Å²) in [6.45, 7) is 5.98. The molecule has 1 aromatic rings. The van der Waals surface area contributed by atoms with E-state index in [0.29, 0.717) is 11.5 Å². The fourth-order valence-corrected chi connectivity index (χ4v) is 1.86. The van der Waals surface area contributed by atoms with E-state index >= 15 is 0 Å². The number of guanidine groups is 1. The second-order valence-corrected chi connectivity index (χ2v) is 5.30. The standard InChI is InChI=1S/C16H26N4O.HI/c1-12(2)11-20-16(18-4)19-9-8-13-6-5-7-14(10-13)15(21)17-3;/h5-7,10,12H,8-9,11H2,1-4H3,(H,17,21)(H2,18,19,20);1H. The first kappa shape index (κ1) is 20.7. The first-order valence-corrected chi connectivity index (χ1v) is 7.32. The zero-order valence-corrected chi connectivity index (χ0v) is 16.1. The first-order valence-electron chi connectivity index (χ1n) is 7.32. The van der Waals surface area contributed by atoms with E-state index in [1.54, 1.807) is 14.1 Å². The molecule has 22 heavy (non-hydrogen) atoms. The lowest BCUT2D eigenvalue weighted by atomic mass is 10.1. The van der Waals surface area contributed by atoms with Crippen molar-refractivity contribution >= 4 is 35.8 Å². The maximum absolute atomic E-state index is 11.6. The molecular formula is C16H27IN4O. The maximum Gasteiger partial charge on any atom is 0.251 e. The lowest BCUT2D eigenvalue weighted by Gasteiger charge is -2.13. The Morgan fingerprint density at radius 2 is 2.00 bits per heavy atom. The van der Waals surface area contributed by atoms with Crippen molar-refractivity contribution in [3.8, 4) is 0 Å². The van der Waals surface area contributed by atoms with Crippen molar-refractivity contribution in [2.24, 2.45) is 10.9 Å². The Balaban J connectivity index is 0.00000441. The first-order chi connectivity index (χ1) is 10.1. The number of benzene rings is 1. The Morgan fingerprint density at radius 3 is 2.59 bits per heavy atom. The van der Waals surface area contributed by atoms with Crippen molar-refractivity contribution in [1.82, 2.24) is 16.0 Å². The molecule has 0 aromatic heterocycles. The molecule has 0 aliphatic rings. The van der Waals surface area contributed by atoms with Crippen molar-refractivity contribution < 1.29 is 4.79 Å². The Bertz CT molecular complexity index is 489. The summed E-state index contributed by atoms with van der Waals surface area (Å²) < 4.78 is 0. The van der Waals surface area contributed by atoms with Crippen LogP contribution in [0.15, 0.2) is 29.3 Å². The van der Waals surface area contributed by atoms with Gasteiger partial charge in [0.15, 0.2) is 5.96 Å². The van der Waals surface area contributed by atoms with Crippen LogP contribution in [-0.2, 0) is 6.42 Å². The minimum atomic E-state index is -0.0563. The van der Waals surface area contributed by atoms with Gasteiger partial charge in [0.1, 0.15) is 0 Å². The number of rotatable bonds is 6. The molecule has 0 bridgehead atoms. The molecule has 0 saturated carbocycles. The number of hydrogen-bond acceptors (Lipinski definition) is 2. The molecule has 0 aliphatic carbocycles. The van der Waals surface area contributed by atoms with Crippen LogP contribution < -0.4 is 16.0 Å². The summed E-state index contributed by atoms with van der Waals surface area (Å²) in [5.41, 5.74) is 1.82. The van der Waals surface area contributed by atoms with Crippen LogP contribution >= 0.6 is 24.0 Å². The monoisotopic (exact) mass is 418 g/mol. The normalized spacial score (nSPS) is 10.9. The van der Waals surface area contributed by atoms with Crippen LogP contribution in [0.5, 0.6) is 0 Å². The fourth-order valence-electron chi connectivity index (χ4n) is 1.86. The summed E-state index contributed by atoms with van der Waals surface area (Å²) in [5.74, 6) is 1.33. The van der Waals surface area contributed by atoms with Gasteiger partial charge in [-0.2, -0.15) is 0 Å². The van der Waals surface area contributed by atoms with E-state index in [-0.39, 0.29) is 29.9 Å². The number of halogens is 1. The zero-order chi connectivity index (χ0) is 15.7. The van der Waals surface area contributed by atoms with Crippen molar-refractivity contribution in [3.05, 3.63) is 35.4 Å². The third-order valence-corrected chi connectivity index (χ3v) is 3.02. The maximum atomic E-state index is 11.6. The number of carbonyl (C=O) groups excluding carboxylic acids is 1. The Labute approximate surface area is 150 Å². The minimum Gasteiger partial charge on any atom is -0.356 e. The highest BCUT2D eigenvalue weighted by molar-refractivity contribution is 14.0. The molecule has 0 fully saturated rings. The van der Waals surface area contributed by atoms with Gasteiger partial charge < -0.3 is 16.0 Å². The third kappa shape index (κ3) is 7.63. The summed E-state index contributed by atoms with van der Waals surface area (Å²) in [7, 11) is 3.41. The Kier molecular flexibility index (Phi) is 10.6. The molecular weight excluding hydrogens is 391 g/mol. The van der Waals surface area contributed by atoms with E-state index in [2.05, 4.69) is 34.8 Å². The molecule has 0 saturated heterocycles. The van der Waals surface area contributed by atoms with E-state index in [9.17, 15) is 4.79 Å². The lowest BCUT2D eigenvalue weighted by Crippen LogP contribution is -2.39. The van der Waals surface area contributed by atoms with Crippen molar-refractivity contribution in [1.29, 1.82) is 0 Å². The summed E-state index contributed by atoms with van der Waals surface area (Å²) >= 11 is 0. The predicted molar refractivity (Wildman–Crippen MR) is 103 cm³/mol. The molecule has 1 rings (SSSR count). The lowest BCUT2D eigenvalue weighted by molar-refractivity contribution is 0.0963. The molecule has 124 valence electrons. The van der Waals surface area contributed by atoms with E-state index in [1.807, 2.05) is 24.3 Å². The molecule has 6 heteroatoms. The molecule has 0 atom stereocenters. The van der Waals surface area contributed by atoms with Gasteiger partial charge in [-0.3, -0.25) is 9.79 Å². The van der Waals surface area contributed by atoms with Crippen molar-refractivity contribution in [2.75, 3.05) is 27.2 Å². The summed E-state index contributed by atoms with van der Waals surface area (Å²) in [5, 5.41) is 9.18. The number of hydrogen-bond donors (Lipinski definition) is 3. The highest BCUT2D eigenvalue weighted by Crippen LogP contribution is 2.05. The van der Waals surface area contributed by atoms with E-state index in [1.165, 1.54) is 0 Å². The Morgan fingerprint density at radius 1 is 1.27 bits per heavy atom. The number of nitrogens with one attached hydrogen (secondary N) is 3. The van der Waals surface area contributed by atoms with Crippen LogP contribution in [0.25, 0.3) is 0 Å². The van der Waals surface area contributed by atoms with Crippen molar-refractivity contribution in [2.45, 2.75) is 20.3 Å².